The van der Waals surface area contributed by atoms with Crippen LogP contribution in [-0.4, -0.2) is 12.5 Å². The lowest BCUT2D eigenvalue weighted by Gasteiger charge is -2.35. The average molecular weight is 331 g/mol. The Bertz CT molecular complexity index is 979. The second-order valence-corrected chi connectivity index (χ2v) is 6.32. The summed E-state index contributed by atoms with van der Waals surface area (Å²) in [5.74, 6) is -0.387. The van der Waals surface area contributed by atoms with Crippen molar-refractivity contribution < 1.29 is 9.18 Å². The fraction of sp³-hybridized carbons (Fsp3) is 0.136. The van der Waals surface area contributed by atoms with Crippen molar-refractivity contribution in [3.63, 3.8) is 0 Å². The third-order valence-corrected chi connectivity index (χ3v) is 4.83. The van der Waals surface area contributed by atoms with Gasteiger partial charge in [-0.05, 0) is 40.1 Å². The van der Waals surface area contributed by atoms with E-state index in [2.05, 4.69) is 18.7 Å². The van der Waals surface area contributed by atoms with E-state index in [-0.39, 0.29) is 17.6 Å². The second kappa shape index (κ2) is 6.17. The van der Waals surface area contributed by atoms with Crippen LogP contribution < -0.4 is 4.90 Å². The first-order chi connectivity index (χ1) is 12.2. The van der Waals surface area contributed by atoms with Gasteiger partial charge in [-0.3, -0.25) is 4.79 Å². The van der Waals surface area contributed by atoms with Crippen molar-refractivity contribution in [1.29, 1.82) is 0 Å². The molecule has 1 aliphatic heterocycles. The number of anilines is 1. The molecule has 124 valence electrons. The van der Waals surface area contributed by atoms with Crippen LogP contribution in [0.4, 0.5) is 10.1 Å². The normalized spacial score (nSPS) is 16.8. The van der Waals surface area contributed by atoms with Crippen molar-refractivity contribution in [2.75, 3.05) is 11.4 Å². The van der Waals surface area contributed by atoms with Crippen LogP contribution in [0, 0.1) is 5.82 Å². The number of halogens is 1. The summed E-state index contributed by atoms with van der Waals surface area (Å²) >= 11 is 0. The Labute approximate surface area is 146 Å². The summed E-state index contributed by atoms with van der Waals surface area (Å²) in [7, 11) is 0. The lowest BCUT2D eigenvalue weighted by molar-refractivity contribution is -0.119. The summed E-state index contributed by atoms with van der Waals surface area (Å²) < 4.78 is 13.8. The Morgan fingerprint density at radius 3 is 2.76 bits per heavy atom. The van der Waals surface area contributed by atoms with Gasteiger partial charge in [0.2, 0.25) is 5.91 Å². The number of rotatable bonds is 3. The molecule has 0 fully saturated rings. The van der Waals surface area contributed by atoms with Gasteiger partial charge in [0, 0.05) is 24.6 Å². The van der Waals surface area contributed by atoms with Gasteiger partial charge in [0.25, 0.3) is 0 Å². The average Bonchev–Trinajstić information content (AvgIpc) is 2.63. The maximum Gasteiger partial charge on any atom is 0.228 e. The fourth-order valence-corrected chi connectivity index (χ4v) is 3.74. The van der Waals surface area contributed by atoms with E-state index < -0.39 is 0 Å². The van der Waals surface area contributed by atoms with Crippen LogP contribution in [0.2, 0.25) is 0 Å². The molecule has 1 amide bonds. The molecule has 4 rings (SSSR count). The monoisotopic (exact) mass is 331 g/mol. The van der Waals surface area contributed by atoms with Crippen LogP contribution in [0.1, 0.15) is 23.5 Å². The Kier molecular flexibility index (Phi) is 3.85. The van der Waals surface area contributed by atoms with Crippen molar-refractivity contribution in [2.24, 2.45) is 0 Å². The highest BCUT2D eigenvalue weighted by molar-refractivity contribution is 6.03. The first-order valence-corrected chi connectivity index (χ1v) is 8.37. The lowest BCUT2D eigenvalue weighted by atomic mass is 9.81. The number of nitrogens with zero attached hydrogens (tertiary/aromatic N) is 1. The van der Waals surface area contributed by atoms with Crippen LogP contribution in [-0.2, 0) is 4.79 Å². The van der Waals surface area contributed by atoms with E-state index in [9.17, 15) is 9.18 Å². The largest absolute Gasteiger partial charge is 0.308 e. The van der Waals surface area contributed by atoms with Crippen LogP contribution >= 0.6 is 0 Å². The van der Waals surface area contributed by atoms with E-state index in [1.807, 2.05) is 30.3 Å². The van der Waals surface area contributed by atoms with E-state index in [0.717, 1.165) is 27.6 Å². The smallest absolute Gasteiger partial charge is 0.228 e. The minimum atomic E-state index is -0.278. The highest BCUT2D eigenvalue weighted by atomic mass is 19.1. The first kappa shape index (κ1) is 15.6. The van der Waals surface area contributed by atoms with Gasteiger partial charge >= 0.3 is 0 Å². The van der Waals surface area contributed by atoms with E-state index in [1.54, 1.807) is 17.0 Å². The molecule has 1 heterocycles. The molecular formula is C22H18FNO. The van der Waals surface area contributed by atoms with Crippen LogP contribution in [0.25, 0.3) is 10.8 Å². The molecule has 1 unspecified atom stereocenters. The van der Waals surface area contributed by atoms with Crippen LogP contribution in [0.15, 0.2) is 73.3 Å². The summed E-state index contributed by atoms with van der Waals surface area (Å²) in [6.07, 6.45) is 2.07. The minimum Gasteiger partial charge on any atom is -0.308 e. The van der Waals surface area contributed by atoms with E-state index >= 15 is 0 Å². The fourth-order valence-electron chi connectivity index (χ4n) is 3.74. The summed E-state index contributed by atoms with van der Waals surface area (Å²) in [5, 5.41) is 2.23. The van der Waals surface area contributed by atoms with Crippen molar-refractivity contribution >= 4 is 22.4 Å². The Balaban J connectivity index is 1.99. The first-order valence-electron chi connectivity index (χ1n) is 8.37. The van der Waals surface area contributed by atoms with Crippen LogP contribution in [0.3, 0.4) is 0 Å². The third kappa shape index (κ3) is 2.62. The van der Waals surface area contributed by atoms with Gasteiger partial charge in [0.1, 0.15) is 5.82 Å². The standard InChI is InChI=1S/C22H18FNO/c1-2-12-24-20-11-10-15-6-3-4-9-18(15)22(20)19(14-21(24)25)16-7-5-8-17(23)13-16/h2-11,13,19H,1,12,14H2. The zero-order chi connectivity index (χ0) is 17.4. The Morgan fingerprint density at radius 2 is 1.96 bits per heavy atom. The summed E-state index contributed by atoms with van der Waals surface area (Å²) in [5.41, 5.74) is 2.82. The number of carbonyl (C=O) groups is 1. The number of fused-ring (bicyclic) bond motifs is 3. The Morgan fingerprint density at radius 1 is 1.12 bits per heavy atom. The molecule has 0 saturated heterocycles. The van der Waals surface area contributed by atoms with Crippen molar-refractivity contribution in [2.45, 2.75) is 12.3 Å². The third-order valence-electron chi connectivity index (χ3n) is 4.83. The second-order valence-electron chi connectivity index (χ2n) is 6.32. The van der Waals surface area contributed by atoms with Gasteiger partial charge in [-0.25, -0.2) is 4.39 Å². The predicted octanol–water partition coefficient (Wildman–Crippen LogP) is 5.03. The van der Waals surface area contributed by atoms with Gasteiger partial charge in [0.15, 0.2) is 0 Å². The summed E-state index contributed by atoms with van der Waals surface area (Å²) in [4.78, 5) is 14.5. The predicted molar refractivity (Wildman–Crippen MR) is 99.4 cm³/mol. The van der Waals surface area contributed by atoms with E-state index in [4.69, 9.17) is 0 Å². The molecule has 3 heteroatoms. The van der Waals surface area contributed by atoms with Crippen molar-refractivity contribution in [3.8, 4) is 0 Å². The van der Waals surface area contributed by atoms with Gasteiger partial charge in [-0.2, -0.15) is 0 Å². The van der Waals surface area contributed by atoms with Gasteiger partial charge in [-0.15, -0.1) is 6.58 Å². The van der Waals surface area contributed by atoms with Crippen molar-refractivity contribution in [3.05, 3.63) is 90.3 Å². The topological polar surface area (TPSA) is 20.3 Å². The summed E-state index contributed by atoms with van der Waals surface area (Å²) in [6.45, 7) is 4.24. The molecule has 2 nitrogen and oxygen atoms in total. The maximum absolute atomic E-state index is 13.8. The SMILES string of the molecule is C=CCN1C(=O)CC(c2cccc(F)c2)c2c1ccc1ccccc21. The highest BCUT2D eigenvalue weighted by Crippen LogP contribution is 2.43. The number of hydrogen-bond donors (Lipinski definition) is 0. The number of benzene rings is 3. The molecule has 0 saturated carbocycles. The lowest BCUT2D eigenvalue weighted by Crippen LogP contribution is -2.37. The van der Waals surface area contributed by atoms with Crippen LogP contribution in [0.5, 0.6) is 0 Å². The zero-order valence-electron chi connectivity index (χ0n) is 13.8. The molecule has 1 atom stereocenters. The molecule has 0 aliphatic carbocycles. The van der Waals surface area contributed by atoms with E-state index in [1.165, 1.54) is 12.1 Å². The maximum atomic E-state index is 13.8. The summed E-state index contributed by atoms with van der Waals surface area (Å²) in [6, 6.07) is 18.7. The molecule has 0 aromatic heterocycles. The Hall–Kier alpha value is -2.94. The number of carbonyl (C=O) groups excluding carboxylic acids is 1. The van der Waals surface area contributed by atoms with Crippen molar-refractivity contribution in [1.82, 2.24) is 0 Å². The van der Waals surface area contributed by atoms with Gasteiger partial charge < -0.3 is 4.90 Å². The number of hydrogen-bond acceptors (Lipinski definition) is 1. The quantitative estimate of drug-likeness (QED) is 0.616. The molecule has 0 spiro atoms. The highest BCUT2D eigenvalue weighted by Gasteiger charge is 2.33. The zero-order valence-corrected chi connectivity index (χ0v) is 13.8. The van der Waals surface area contributed by atoms with E-state index in [0.29, 0.717) is 13.0 Å². The minimum absolute atomic E-state index is 0.0388. The van der Waals surface area contributed by atoms with Gasteiger partial charge in [-0.1, -0.05) is 48.5 Å². The molecule has 3 aromatic carbocycles. The van der Waals surface area contributed by atoms with Gasteiger partial charge in [0.05, 0.1) is 0 Å². The molecule has 25 heavy (non-hydrogen) atoms. The molecule has 0 radical (unpaired) electrons. The molecule has 1 aliphatic rings. The molecule has 3 aromatic rings. The molecule has 0 bridgehead atoms. The molecule has 0 N–H and O–H groups in total. The number of amides is 1. The molecular weight excluding hydrogens is 313 g/mol.